The second-order valence-electron chi connectivity index (χ2n) is 0.884. The van der Waals surface area contributed by atoms with Gasteiger partial charge in [-0.25, -0.2) is 0 Å². The van der Waals surface area contributed by atoms with E-state index in [1.165, 1.54) is 0 Å². The van der Waals surface area contributed by atoms with Gasteiger partial charge in [-0.2, -0.15) is 0 Å². The van der Waals surface area contributed by atoms with Gasteiger partial charge in [0.1, 0.15) is 0 Å². The predicted molar refractivity (Wildman–Crippen MR) is 25.2 cm³/mol. The van der Waals surface area contributed by atoms with Crippen LogP contribution in [0, 0.1) is 6.92 Å². The van der Waals surface area contributed by atoms with Crippen LogP contribution in [0.1, 0.15) is 0 Å². The molecular weight excluding hydrogens is 83.5 g/mol. The number of rotatable bonds is 1. The lowest BCUT2D eigenvalue weighted by molar-refractivity contribution is 1.58. The van der Waals surface area contributed by atoms with Crippen molar-refractivity contribution in [1.82, 2.24) is 0 Å². The van der Waals surface area contributed by atoms with Gasteiger partial charge in [0.2, 0.25) is 0 Å². The first-order valence-corrected chi connectivity index (χ1v) is 1.86. The van der Waals surface area contributed by atoms with Gasteiger partial charge in [0.05, 0.1) is 0 Å². The second-order valence-corrected chi connectivity index (χ2v) is 1.15. The van der Waals surface area contributed by atoms with Crippen LogP contribution in [0.5, 0.6) is 0 Å². The van der Waals surface area contributed by atoms with Crippen molar-refractivity contribution in [3.05, 3.63) is 19.1 Å². The van der Waals surface area contributed by atoms with Gasteiger partial charge in [0.15, 0.2) is 0 Å². The lowest BCUT2D eigenvalue weighted by atomic mass is 10.4. The lowest BCUT2D eigenvalue weighted by Crippen LogP contribution is -1.66. The summed E-state index contributed by atoms with van der Waals surface area (Å²) >= 11 is 5.17. The van der Waals surface area contributed by atoms with Crippen LogP contribution in [0.4, 0.5) is 0 Å². The summed E-state index contributed by atoms with van der Waals surface area (Å²) in [5, 5.41) is 0. The van der Waals surface area contributed by atoms with Gasteiger partial charge < -0.3 is 0 Å². The molecule has 0 heterocycles. The van der Waals surface area contributed by atoms with Crippen LogP contribution < -0.4 is 0 Å². The molecule has 0 aliphatic rings. The molecule has 0 unspecified atom stereocenters. The quantitative estimate of drug-likeness (QED) is 0.428. The first-order valence-electron chi connectivity index (χ1n) is 1.33. The van der Waals surface area contributed by atoms with Crippen molar-refractivity contribution >= 4 is 11.6 Å². The summed E-state index contributed by atoms with van der Waals surface area (Å²) in [4.78, 5) is 0. The zero-order chi connectivity index (χ0) is 4.28. The van der Waals surface area contributed by atoms with E-state index in [0.29, 0.717) is 5.88 Å². The highest BCUT2D eigenvalue weighted by Gasteiger charge is 1.70. The maximum Gasteiger partial charge on any atom is 0.0431 e. The molecule has 0 atom stereocenters. The zero-order valence-electron chi connectivity index (χ0n) is 3.00. The smallest absolute Gasteiger partial charge is 0.0431 e. The molecule has 0 saturated heterocycles. The Hall–Kier alpha value is 0.0300. The Morgan fingerprint density at radius 3 is 2.00 bits per heavy atom. The fourth-order valence-electron chi connectivity index (χ4n) is 0. The third-order valence-electron chi connectivity index (χ3n) is 0.189. The molecule has 0 aliphatic carbocycles. The molecule has 0 fully saturated rings. The molecule has 0 saturated carbocycles. The molecule has 0 aromatic rings. The standard InChI is InChI=1S/C4H6Cl/c1-4(2)3-5/h1-3H2. The fourth-order valence-corrected chi connectivity index (χ4v) is 0. The van der Waals surface area contributed by atoms with Gasteiger partial charge in [-0.15, -0.1) is 11.6 Å². The molecule has 29 valence electrons. The Balaban J connectivity index is 2.85. The van der Waals surface area contributed by atoms with Crippen LogP contribution in [-0.4, -0.2) is 5.88 Å². The molecule has 0 N–H and O–H groups in total. The molecule has 0 amide bonds. The first-order chi connectivity index (χ1) is 2.27. The van der Waals surface area contributed by atoms with Crippen molar-refractivity contribution in [2.75, 3.05) is 5.88 Å². The third-order valence-corrected chi connectivity index (χ3v) is 0.567. The summed E-state index contributed by atoms with van der Waals surface area (Å²) in [5.41, 5.74) is 0.770. The van der Waals surface area contributed by atoms with E-state index in [2.05, 4.69) is 13.5 Å². The van der Waals surface area contributed by atoms with E-state index in [4.69, 9.17) is 11.6 Å². The highest BCUT2D eigenvalue weighted by atomic mass is 35.5. The first kappa shape index (κ1) is 5.03. The number of hydrogen-bond donors (Lipinski definition) is 0. The Labute approximate surface area is 37.4 Å². The van der Waals surface area contributed by atoms with Gasteiger partial charge in [-0.05, 0) is 6.92 Å². The fraction of sp³-hybridized carbons (Fsp3) is 0.250. The number of allylic oxidation sites excluding steroid dienone is 1. The van der Waals surface area contributed by atoms with E-state index < -0.39 is 0 Å². The van der Waals surface area contributed by atoms with E-state index in [1.54, 1.807) is 0 Å². The van der Waals surface area contributed by atoms with Gasteiger partial charge in [0.25, 0.3) is 0 Å². The largest absolute Gasteiger partial charge is 0.122 e. The summed E-state index contributed by atoms with van der Waals surface area (Å²) in [6, 6.07) is 0. The minimum absolute atomic E-state index is 0.472. The Bertz CT molecular complexity index is 38.9. The van der Waals surface area contributed by atoms with Crippen LogP contribution in [0.25, 0.3) is 0 Å². The third kappa shape index (κ3) is 4.03. The molecule has 1 radical (unpaired) electrons. The Morgan fingerprint density at radius 1 is 1.80 bits per heavy atom. The van der Waals surface area contributed by atoms with E-state index in [9.17, 15) is 0 Å². The normalized spacial score (nSPS) is 7.60. The van der Waals surface area contributed by atoms with Crippen LogP contribution in [-0.2, 0) is 0 Å². The summed E-state index contributed by atoms with van der Waals surface area (Å²) in [7, 11) is 0. The SMILES string of the molecule is [CH2]C(=C)CCl. The zero-order valence-corrected chi connectivity index (χ0v) is 3.76. The minimum atomic E-state index is 0.472. The molecule has 0 nitrogen and oxygen atoms in total. The number of hydrogen-bond acceptors (Lipinski definition) is 0. The molecular formula is C4H6Cl. The molecule has 0 bridgehead atoms. The van der Waals surface area contributed by atoms with Gasteiger partial charge >= 0.3 is 0 Å². The number of halogens is 1. The van der Waals surface area contributed by atoms with Crippen LogP contribution in [0.3, 0.4) is 0 Å². The van der Waals surface area contributed by atoms with Gasteiger partial charge in [-0.3, -0.25) is 0 Å². The van der Waals surface area contributed by atoms with E-state index in [1.807, 2.05) is 0 Å². The van der Waals surface area contributed by atoms with Gasteiger partial charge in [-0.1, -0.05) is 12.2 Å². The topological polar surface area (TPSA) is 0 Å². The van der Waals surface area contributed by atoms with Crippen molar-refractivity contribution in [2.45, 2.75) is 0 Å². The molecule has 0 spiro atoms. The van der Waals surface area contributed by atoms with Crippen molar-refractivity contribution in [1.29, 1.82) is 0 Å². The van der Waals surface area contributed by atoms with Crippen molar-refractivity contribution in [2.24, 2.45) is 0 Å². The molecule has 0 rings (SSSR count). The van der Waals surface area contributed by atoms with E-state index in [0.717, 1.165) is 5.57 Å². The van der Waals surface area contributed by atoms with Crippen LogP contribution in [0.15, 0.2) is 12.2 Å². The highest BCUT2D eigenvalue weighted by Crippen LogP contribution is 1.85. The average molecular weight is 89.5 g/mol. The molecule has 0 aliphatic heterocycles. The summed E-state index contributed by atoms with van der Waals surface area (Å²) in [6.45, 7) is 6.86. The monoisotopic (exact) mass is 89.0 g/mol. The summed E-state index contributed by atoms with van der Waals surface area (Å²) in [6.07, 6.45) is 0. The van der Waals surface area contributed by atoms with Crippen molar-refractivity contribution in [3.63, 3.8) is 0 Å². The van der Waals surface area contributed by atoms with Gasteiger partial charge in [0, 0.05) is 5.88 Å². The van der Waals surface area contributed by atoms with E-state index >= 15 is 0 Å². The Morgan fingerprint density at radius 2 is 2.00 bits per heavy atom. The predicted octanol–water partition coefficient (Wildman–Crippen LogP) is 1.62. The molecule has 0 aromatic heterocycles. The second kappa shape index (κ2) is 2.28. The maximum absolute atomic E-state index is 5.17. The number of alkyl halides is 1. The van der Waals surface area contributed by atoms with Crippen molar-refractivity contribution in [3.8, 4) is 0 Å². The van der Waals surface area contributed by atoms with E-state index in [-0.39, 0.29) is 0 Å². The summed E-state index contributed by atoms with van der Waals surface area (Å²) < 4.78 is 0. The molecule has 0 aromatic carbocycles. The molecule has 5 heavy (non-hydrogen) atoms. The average Bonchev–Trinajstić information content (AvgIpc) is 1.38. The minimum Gasteiger partial charge on any atom is -0.122 e. The van der Waals surface area contributed by atoms with Crippen LogP contribution >= 0.6 is 11.6 Å². The van der Waals surface area contributed by atoms with Crippen LogP contribution in [0.2, 0.25) is 0 Å². The molecule has 1 heteroatoms. The van der Waals surface area contributed by atoms with Crippen molar-refractivity contribution < 1.29 is 0 Å². The lowest BCUT2D eigenvalue weighted by Gasteiger charge is -1.77. The highest BCUT2D eigenvalue weighted by molar-refractivity contribution is 6.19. The Kier molecular flexibility index (Phi) is 2.29. The summed E-state index contributed by atoms with van der Waals surface area (Å²) in [5.74, 6) is 0.472. The maximum atomic E-state index is 5.17.